The van der Waals surface area contributed by atoms with Crippen molar-refractivity contribution in [1.82, 2.24) is 15.0 Å². The number of methoxy groups -OCH3 is 1. The largest absolute Gasteiger partial charge is 0.494 e. The minimum atomic E-state index is -0.287. The maximum absolute atomic E-state index is 13.8. The summed E-state index contributed by atoms with van der Waals surface area (Å²) in [6.45, 7) is 4.09. The van der Waals surface area contributed by atoms with Crippen molar-refractivity contribution >= 4 is 16.7 Å². The first-order valence-electron chi connectivity index (χ1n) is 9.38. The first kappa shape index (κ1) is 18.8. The number of nitrogens with zero attached hydrogens (tertiary/aromatic N) is 3. The molecule has 0 saturated carbocycles. The molecule has 0 aliphatic carbocycles. The standard InChI is InChI=1S/C23H21FN4O/c1-14(2)26-23-19-11-17(15-6-4-8-18(24)10-15)12-20(29-3)21(19)27-22(28-23)16-7-5-9-25-13-16/h4-14H,1-3H3,(H,26,27,28). The monoisotopic (exact) mass is 388 g/mol. The van der Waals surface area contributed by atoms with Crippen LogP contribution in [-0.2, 0) is 0 Å². The summed E-state index contributed by atoms with van der Waals surface area (Å²) in [4.78, 5) is 13.7. The summed E-state index contributed by atoms with van der Waals surface area (Å²) in [5.41, 5.74) is 3.09. The minimum absolute atomic E-state index is 0.165. The van der Waals surface area contributed by atoms with Gasteiger partial charge in [0, 0.05) is 29.4 Å². The number of halogens is 1. The van der Waals surface area contributed by atoms with Gasteiger partial charge in [0.1, 0.15) is 22.9 Å². The van der Waals surface area contributed by atoms with E-state index in [-0.39, 0.29) is 11.9 Å². The third-order valence-electron chi connectivity index (χ3n) is 4.49. The van der Waals surface area contributed by atoms with Gasteiger partial charge in [-0.15, -0.1) is 0 Å². The van der Waals surface area contributed by atoms with Gasteiger partial charge in [-0.2, -0.15) is 0 Å². The predicted octanol–water partition coefficient (Wildman–Crippen LogP) is 5.33. The molecular formula is C23H21FN4O. The number of fused-ring (bicyclic) bond motifs is 1. The quantitative estimate of drug-likeness (QED) is 0.501. The summed E-state index contributed by atoms with van der Waals surface area (Å²) in [5.74, 6) is 1.57. The van der Waals surface area contributed by atoms with Gasteiger partial charge in [0.15, 0.2) is 5.82 Å². The lowest BCUT2D eigenvalue weighted by molar-refractivity contribution is 0.419. The molecule has 0 fully saturated rings. The van der Waals surface area contributed by atoms with Gasteiger partial charge in [0.2, 0.25) is 0 Å². The highest BCUT2D eigenvalue weighted by Gasteiger charge is 2.16. The zero-order valence-electron chi connectivity index (χ0n) is 16.5. The Kier molecular flexibility index (Phi) is 5.08. The Morgan fingerprint density at radius 2 is 1.79 bits per heavy atom. The number of ether oxygens (including phenoxy) is 1. The molecule has 2 heterocycles. The second-order valence-corrected chi connectivity index (χ2v) is 7.02. The van der Waals surface area contributed by atoms with Crippen LogP contribution in [0.2, 0.25) is 0 Å². The number of aromatic nitrogens is 3. The molecule has 0 unspecified atom stereocenters. The molecule has 0 amide bonds. The van der Waals surface area contributed by atoms with E-state index in [0.717, 1.165) is 22.1 Å². The van der Waals surface area contributed by atoms with Crippen molar-refractivity contribution in [2.75, 3.05) is 12.4 Å². The molecule has 4 aromatic rings. The van der Waals surface area contributed by atoms with E-state index in [2.05, 4.69) is 10.3 Å². The first-order chi connectivity index (χ1) is 14.0. The van der Waals surface area contributed by atoms with E-state index < -0.39 is 0 Å². The zero-order chi connectivity index (χ0) is 20.4. The van der Waals surface area contributed by atoms with E-state index in [1.807, 2.05) is 44.2 Å². The van der Waals surface area contributed by atoms with Crippen LogP contribution in [0.25, 0.3) is 33.4 Å². The Bertz CT molecular complexity index is 1160. The van der Waals surface area contributed by atoms with Crippen LogP contribution in [0.15, 0.2) is 60.9 Å². The maximum Gasteiger partial charge on any atom is 0.163 e. The SMILES string of the molecule is COc1cc(-c2cccc(F)c2)cc2c(NC(C)C)nc(-c3cccnc3)nc12. The second-order valence-electron chi connectivity index (χ2n) is 7.02. The highest BCUT2D eigenvalue weighted by atomic mass is 19.1. The third kappa shape index (κ3) is 3.87. The molecule has 0 saturated heterocycles. The molecule has 0 atom stereocenters. The third-order valence-corrected chi connectivity index (χ3v) is 4.49. The van der Waals surface area contributed by atoms with Crippen molar-refractivity contribution in [1.29, 1.82) is 0 Å². The molecule has 29 heavy (non-hydrogen) atoms. The van der Waals surface area contributed by atoms with Crippen molar-refractivity contribution in [2.45, 2.75) is 19.9 Å². The lowest BCUT2D eigenvalue weighted by Gasteiger charge is -2.16. The number of nitrogens with one attached hydrogen (secondary N) is 1. The van der Waals surface area contributed by atoms with Crippen molar-refractivity contribution in [3.8, 4) is 28.3 Å². The van der Waals surface area contributed by atoms with Crippen LogP contribution in [0.3, 0.4) is 0 Å². The molecule has 6 heteroatoms. The van der Waals surface area contributed by atoms with Gasteiger partial charge < -0.3 is 10.1 Å². The highest BCUT2D eigenvalue weighted by Crippen LogP contribution is 2.36. The van der Waals surface area contributed by atoms with Crippen LogP contribution in [0.5, 0.6) is 5.75 Å². The molecule has 0 radical (unpaired) electrons. The lowest BCUT2D eigenvalue weighted by Crippen LogP contribution is -2.12. The lowest BCUT2D eigenvalue weighted by atomic mass is 10.0. The van der Waals surface area contributed by atoms with Gasteiger partial charge in [-0.3, -0.25) is 4.98 Å². The number of rotatable bonds is 5. The number of hydrogen-bond donors (Lipinski definition) is 1. The van der Waals surface area contributed by atoms with Crippen molar-refractivity contribution in [3.05, 3.63) is 66.7 Å². The van der Waals surface area contributed by atoms with E-state index in [4.69, 9.17) is 14.7 Å². The Morgan fingerprint density at radius 1 is 0.966 bits per heavy atom. The Hall–Kier alpha value is -3.54. The molecule has 146 valence electrons. The highest BCUT2D eigenvalue weighted by molar-refractivity contribution is 5.98. The van der Waals surface area contributed by atoms with E-state index in [1.165, 1.54) is 12.1 Å². The van der Waals surface area contributed by atoms with Gasteiger partial charge in [0.25, 0.3) is 0 Å². The number of pyridine rings is 1. The van der Waals surface area contributed by atoms with E-state index in [9.17, 15) is 4.39 Å². The van der Waals surface area contributed by atoms with E-state index in [1.54, 1.807) is 25.6 Å². The van der Waals surface area contributed by atoms with Gasteiger partial charge in [-0.05, 0) is 61.4 Å². The fraction of sp³-hybridized carbons (Fsp3) is 0.174. The van der Waals surface area contributed by atoms with E-state index in [0.29, 0.717) is 22.9 Å². The smallest absolute Gasteiger partial charge is 0.163 e. The molecular weight excluding hydrogens is 367 g/mol. The molecule has 4 rings (SSSR count). The Morgan fingerprint density at radius 3 is 2.48 bits per heavy atom. The summed E-state index contributed by atoms with van der Waals surface area (Å²) in [6.07, 6.45) is 3.44. The van der Waals surface area contributed by atoms with Gasteiger partial charge in [-0.25, -0.2) is 14.4 Å². The fourth-order valence-electron chi connectivity index (χ4n) is 3.20. The number of hydrogen-bond acceptors (Lipinski definition) is 5. The number of benzene rings is 2. The molecule has 0 spiro atoms. The zero-order valence-corrected chi connectivity index (χ0v) is 16.5. The topological polar surface area (TPSA) is 59.9 Å². The second kappa shape index (κ2) is 7.83. The summed E-state index contributed by atoms with van der Waals surface area (Å²) < 4.78 is 19.4. The van der Waals surface area contributed by atoms with Crippen molar-refractivity contribution in [3.63, 3.8) is 0 Å². The van der Waals surface area contributed by atoms with Gasteiger partial charge >= 0.3 is 0 Å². The average Bonchev–Trinajstić information content (AvgIpc) is 2.73. The molecule has 0 aliphatic rings. The van der Waals surface area contributed by atoms with Crippen LogP contribution in [0.1, 0.15) is 13.8 Å². The van der Waals surface area contributed by atoms with Crippen LogP contribution >= 0.6 is 0 Å². The fourth-order valence-corrected chi connectivity index (χ4v) is 3.20. The first-order valence-corrected chi connectivity index (χ1v) is 9.38. The Labute approximate surface area is 168 Å². The molecule has 2 aromatic heterocycles. The molecule has 0 aliphatic heterocycles. The van der Waals surface area contributed by atoms with Gasteiger partial charge in [0.05, 0.1) is 7.11 Å². The van der Waals surface area contributed by atoms with Crippen LogP contribution in [0, 0.1) is 5.82 Å². The van der Waals surface area contributed by atoms with Crippen molar-refractivity contribution in [2.24, 2.45) is 0 Å². The van der Waals surface area contributed by atoms with E-state index >= 15 is 0 Å². The summed E-state index contributed by atoms with van der Waals surface area (Å²) >= 11 is 0. The Balaban J connectivity index is 1.99. The summed E-state index contributed by atoms with van der Waals surface area (Å²) in [7, 11) is 1.60. The average molecular weight is 388 g/mol. The minimum Gasteiger partial charge on any atom is -0.494 e. The number of anilines is 1. The normalized spacial score (nSPS) is 11.1. The molecule has 2 aromatic carbocycles. The van der Waals surface area contributed by atoms with Crippen molar-refractivity contribution < 1.29 is 9.13 Å². The summed E-state index contributed by atoms with van der Waals surface area (Å²) in [5, 5.41) is 4.21. The molecule has 0 bridgehead atoms. The van der Waals surface area contributed by atoms with Crippen LogP contribution < -0.4 is 10.1 Å². The van der Waals surface area contributed by atoms with Gasteiger partial charge in [-0.1, -0.05) is 12.1 Å². The molecule has 5 nitrogen and oxygen atoms in total. The maximum atomic E-state index is 13.8. The molecule has 1 N–H and O–H groups in total. The van der Waals surface area contributed by atoms with Crippen LogP contribution in [-0.4, -0.2) is 28.1 Å². The predicted molar refractivity (Wildman–Crippen MR) is 113 cm³/mol. The summed E-state index contributed by atoms with van der Waals surface area (Å²) in [6, 6.07) is 14.3. The van der Waals surface area contributed by atoms with Crippen LogP contribution in [0.4, 0.5) is 10.2 Å².